The van der Waals surface area contributed by atoms with E-state index in [4.69, 9.17) is 5.73 Å². The number of nitrogens with zero attached hydrogens (tertiary/aromatic N) is 1. The van der Waals surface area contributed by atoms with Crippen LogP contribution in [0.1, 0.15) is 11.3 Å². The number of nitrogens with two attached hydrogens (primary N) is 1. The summed E-state index contributed by atoms with van der Waals surface area (Å²) in [6.07, 6.45) is 3.00. The Morgan fingerprint density at radius 1 is 1.03 bits per heavy atom. The van der Waals surface area contributed by atoms with Crippen LogP contribution in [-0.2, 0) is 32.0 Å². The molecule has 0 aliphatic rings. The number of H-pyrrole nitrogens is 1. The van der Waals surface area contributed by atoms with Crippen molar-refractivity contribution in [2.24, 2.45) is 5.73 Å². The van der Waals surface area contributed by atoms with Crippen molar-refractivity contribution in [1.29, 1.82) is 0 Å². The maximum Gasteiger partial charge on any atom is 0.326 e. The molecule has 1 aromatic carbocycles. The Labute approximate surface area is 183 Å². The Morgan fingerprint density at radius 2 is 1.75 bits per heavy atom. The second kappa shape index (κ2) is 12.2. The van der Waals surface area contributed by atoms with E-state index in [1.165, 1.54) is 12.5 Å². The summed E-state index contributed by atoms with van der Waals surface area (Å²) in [6, 6.07) is 5.53. The van der Waals surface area contributed by atoms with Crippen molar-refractivity contribution in [3.05, 3.63) is 54.1 Å². The van der Waals surface area contributed by atoms with Crippen molar-refractivity contribution in [3.8, 4) is 0 Å². The number of aliphatic carboxylic acids is 1. The van der Waals surface area contributed by atoms with E-state index in [0.717, 1.165) is 5.56 Å². The number of aliphatic hydroxyl groups excluding tert-OH is 1. The Hall–Kier alpha value is -3.77. The van der Waals surface area contributed by atoms with Crippen LogP contribution in [0.3, 0.4) is 0 Å². The van der Waals surface area contributed by atoms with Gasteiger partial charge >= 0.3 is 5.97 Å². The highest BCUT2D eigenvalue weighted by atomic mass is 16.4. The maximum absolute atomic E-state index is 12.3. The third-order valence-corrected chi connectivity index (χ3v) is 4.49. The number of amides is 3. The minimum absolute atomic E-state index is 0.0669. The lowest BCUT2D eigenvalue weighted by molar-refractivity contribution is -0.142. The number of imidazole rings is 1. The number of rotatable bonds is 12. The van der Waals surface area contributed by atoms with Gasteiger partial charge in [-0.05, 0) is 12.0 Å². The number of benzene rings is 1. The molecule has 32 heavy (non-hydrogen) atoms. The van der Waals surface area contributed by atoms with E-state index < -0.39 is 55.0 Å². The average molecular weight is 446 g/mol. The lowest BCUT2D eigenvalue weighted by Crippen LogP contribution is -2.55. The van der Waals surface area contributed by atoms with Crippen molar-refractivity contribution in [1.82, 2.24) is 25.9 Å². The van der Waals surface area contributed by atoms with Gasteiger partial charge in [-0.2, -0.15) is 0 Å². The lowest BCUT2D eigenvalue weighted by atomic mass is 10.1. The quantitative estimate of drug-likeness (QED) is 0.188. The Morgan fingerprint density at radius 3 is 2.34 bits per heavy atom. The molecule has 172 valence electrons. The molecule has 3 atom stereocenters. The number of nitrogens with one attached hydrogen (secondary N) is 4. The third-order valence-electron chi connectivity index (χ3n) is 4.49. The largest absolute Gasteiger partial charge is 0.480 e. The van der Waals surface area contributed by atoms with Crippen LogP contribution in [0.5, 0.6) is 0 Å². The molecule has 3 amide bonds. The molecule has 12 heteroatoms. The summed E-state index contributed by atoms with van der Waals surface area (Å²) in [6.45, 7) is -1.24. The maximum atomic E-state index is 12.3. The second-order valence-electron chi connectivity index (χ2n) is 7.00. The molecule has 0 saturated carbocycles. The first-order valence-corrected chi connectivity index (χ1v) is 9.78. The van der Waals surface area contributed by atoms with Gasteiger partial charge in [0.15, 0.2) is 0 Å². The monoisotopic (exact) mass is 446 g/mol. The first-order valence-electron chi connectivity index (χ1n) is 9.78. The summed E-state index contributed by atoms with van der Waals surface area (Å²) in [5.41, 5.74) is 7.18. The minimum atomic E-state index is -1.40. The topological polar surface area (TPSA) is 200 Å². The number of hydrogen-bond donors (Lipinski definition) is 7. The summed E-state index contributed by atoms with van der Waals surface area (Å²) < 4.78 is 0. The Balaban J connectivity index is 1.82. The molecular formula is C20H26N6O6. The van der Waals surface area contributed by atoms with Gasteiger partial charge in [0.05, 0.1) is 25.5 Å². The van der Waals surface area contributed by atoms with Gasteiger partial charge in [0.25, 0.3) is 0 Å². The number of carbonyl (C=O) groups is 4. The normalized spacial score (nSPS) is 13.4. The van der Waals surface area contributed by atoms with Crippen molar-refractivity contribution < 1.29 is 29.4 Å². The zero-order chi connectivity index (χ0) is 23.5. The Bertz CT molecular complexity index is 905. The average Bonchev–Trinajstić information content (AvgIpc) is 3.29. The number of carboxylic acids is 1. The molecule has 1 heterocycles. The SMILES string of the molecule is NC(Cc1ccccc1)C(=O)NCC(=O)NC(CO)C(=O)NC(Cc1cnc[nH]1)C(=O)O. The van der Waals surface area contributed by atoms with Crippen LogP contribution in [-0.4, -0.2) is 75.1 Å². The van der Waals surface area contributed by atoms with Crippen molar-refractivity contribution in [2.75, 3.05) is 13.2 Å². The zero-order valence-electron chi connectivity index (χ0n) is 17.2. The predicted molar refractivity (Wildman–Crippen MR) is 112 cm³/mol. The lowest BCUT2D eigenvalue weighted by Gasteiger charge is -2.20. The molecule has 0 radical (unpaired) electrons. The van der Waals surface area contributed by atoms with Gasteiger partial charge < -0.3 is 36.9 Å². The molecule has 8 N–H and O–H groups in total. The van der Waals surface area contributed by atoms with Gasteiger partial charge in [0.2, 0.25) is 17.7 Å². The fourth-order valence-electron chi connectivity index (χ4n) is 2.79. The van der Waals surface area contributed by atoms with E-state index in [1.807, 2.05) is 30.3 Å². The van der Waals surface area contributed by atoms with Crippen LogP contribution >= 0.6 is 0 Å². The van der Waals surface area contributed by atoms with Crippen LogP contribution in [0.2, 0.25) is 0 Å². The molecule has 0 fully saturated rings. The summed E-state index contributed by atoms with van der Waals surface area (Å²) in [7, 11) is 0. The molecule has 2 aromatic rings. The number of aliphatic hydroxyl groups is 1. The molecule has 0 aliphatic heterocycles. The van der Waals surface area contributed by atoms with Gasteiger partial charge in [-0.1, -0.05) is 30.3 Å². The number of aromatic nitrogens is 2. The predicted octanol–water partition coefficient (Wildman–Crippen LogP) is -2.32. The molecule has 1 aromatic heterocycles. The fourth-order valence-corrected chi connectivity index (χ4v) is 2.79. The van der Waals surface area contributed by atoms with E-state index in [9.17, 15) is 29.4 Å². The third kappa shape index (κ3) is 7.81. The standard InChI is InChI=1S/C20H26N6O6/c21-14(6-12-4-2-1-3-5-12)18(29)23-9-17(28)25-16(10-27)19(30)26-15(20(31)32)7-13-8-22-11-24-13/h1-5,8,11,14-16,27H,6-7,9-10,21H2,(H,22,24)(H,23,29)(H,25,28)(H,26,30)(H,31,32). The van der Waals surface area contributed by atoms with E-state index in [-0.39, 0.29) is 12.8 Å². The number of carbonyl (C=O) groups excluding carboxylic acids is 3. The van der Waals surface area contributed by atoms with Crippen molar-refractivity contribution >= 4 is 23.7 Å². The van der Waals surface area contributed by atoms with Crippen LogP contribution < -0.4 is 21.7 Å². The van der Waals surface area contributed by atoms with Gasteiger partial charge in [0, 0.05) is 18.3 Å². The number of hydrogen-bond acceptors (Lipinski definition) is 7. The van der Waals surface area contributed by atoms with E-state index in [1.54, 1.807) is 0 Å². The molecule has 0 spiro atoms. The highest BCUT2D eigenvalue weighted by Gasteiger charge is 2.27. The minimum Gasteiger partial charge on any atom is -0.480 e. The van der Waals surface area contributed by atoms with E-state index in [2.05, 4.69) is 25.9 Å². The summed E-state index contributed by atoms with van der Waals surface area (Å²) >= 11 is 0. The fraction of sp³-hybridized carbons (Fsp3) is 0.350. The van der Waals surface area contributed by atoms with Crippen molar-refractivity contribution in [3.63, 3.8) is 0 Å². The first-order chi connectivity index (χ1) is 15.3. The van der Waals surface area contributed by atoms with Crippen LogP contribution in [0.25, 0.3) is 0 Å². The van der Waals surface area contributed by atoms with Crippen LogP contribution in [0, 0.1) is 0 Å². The Kier molecular flexibility index (Phi) is 9.32. The molecule has 0 bridgehead atoms. The highest BCUT2D eigenvalue weighted by Crippen LogP contribution is 2.02. The summed E-state index contributed by atoms with van der Waals surface area (Å²) in [5.74, 6) is -3.49. The second-order valence-corrected chi connectivity index (χ2v) is 7.00. The van der Waals surface area contributed by atoms with Gasteiger partial charge in [-0.3, -0.25) is 14.4 Å². The molecular weight excluding hydrogens is 420 g/mol. The van der Waals surface area contributed by atoms with Crippen molar-refractivity contribution in [2.45, 2.75) is 31.0 Å². The van der Waals surface area contributed by atoms with E-state index in [0.29, 0.717) is 5.69 Å². The number of carboxylic acid groups (broad SMARTS) is 1. The molecule has 2 rings (SSSR count). The molecule has 3 unspecified atom stereocenters. The van der Waals surface area contributed by atoms with Gasteiger partial charge in [-0.15, -0.1) is 0 Å². The van der Waals surface area contributed by atoms with E-state index >= 15 is 0 Å². The highest BCUT2D eigenvalue weighted by molar-refractivity contribution is 5.92. The number of aromatic amines is 1. The smallest absolute Gasteiger partial charge is 0.326 e. The zero-order valence-corrected chi connectivity index (χ0v) is 17.2. The van der Waals surface area contributed by atoms with Crippen LogP contribution in [0.4, 0.5) is 0 Å². The summed E-state index contributed by atoms with van der Waals surface area (Å²) in [5, 5.41) is 25.6. The first kappa shape index (κ1) is 24.5. The van der Waals surface area contributed by atoms with Gasteiger partial charge in [0.1, 0.15) is 12.1 Å². The van der Waals surface area contributed by atoms with Crippen LogP contribution in [0.15, 0.2) is 42.9 Å². The molecule has 12 nitrogen and oxygen atoms in total. The van der Waals surface area contributed by atoms with Gasteiger partial charge in [-0.25, -0.2) is 9.78 Å². The molecule has 0 saturated heterocycles. The summed E-state index contributed by atoms with van der Waals surface area (Å²) in [4.78, 5) is 54.4. The molecule has 0 aliphatic carbocycles.